The highest BCUT2D eigenvalue weighted by Crippen LogP contribution is 2.22. The number of nitrogens with one attached hydrogen (secondary N) is 1. The van der Waals surface area contributed by atoms with Gasteiger partial charge in [0, 0.05) is 16.6 Å². The summed E-state index contributed by atoms with van der Waals surface area (Å²) in [6.45, 7) is 1.03. The van der Waals surface area contributed by atoms with Gasteiger partial charge in [0.1, 0.15) is 0 Å². The van der Waals surface area contributed by atoms with Crippen LogP contribution in [-0.2, 0) is 4.74 Å². The van der Waals surface area contributed by atoms with Crippen molar-refractivity contribution in [2.75, 3.05) is 26.4 Å². The average molecular weight is 323 g/mol. The van der Waals surface area contributed by atoms with Crippen LogP contribution in [0.3, 0.4) is 0 Å². The molecule has 2 N–H and O–H groups in total. The third kappa shape index (κ3) is 5.04. The summed E-state index contributed by atoms with van der Waals surface area (Å²) in [4.78, 5) is 11.7. The number of carbonyl (C=O) groups excluding carboxylic acids is 1. The van der Waals surface area contributed by atoms with Gasteiger partial charge in [-0.05, 0) is 34.1 Å². The predicted molar refractivity (Wildman–Crippen MR) is 69.4 cm³/mol. The molecule has 17 heavy (non-hydrogen) atoms. The van der Waals surface area contributed by atoms with E-state index in [1.165, 1.54) is 0 Å². The molecule has 0 saturated heterocycles. The maximum Gasteiger partial charge on any atom is 0.251 e. The number of carbonyl (C=O) groups is 1. The van der Waals surface area contributed by atoms with Crippen LogP contribution in [0.25, 0.3) is 0 Å². The molecular weight excluding hydrogens is 309 g/mol. The lowest BCUT2D eigenvalue weighted by Gasteiger charge is -2.06. The molecule has 0 aliphatic rings. The van der Waals surface area contributed by atoms with Gasteiger partial charge in [0.15, 0.2) is 0 Å². The number of hydrogen-bond acceptors (Lipinski definition) is 3. The smallest absolute Gasteiger partial charge is 0.251 e. The first kappa shape index (κ1) is 14.4. The third-order valence-electron chi connectivity index (χ3n) is 1.95. The van der Waals surface area contributed by atoms with Crippen LogP contribution in [0.2, 0.25) is 5.02 Å². The summed E-state index contributed by atoms with van der Waals surface area (Å²) in [5.41, 5.74) is 0.500. The van der Waals surface area contributed by atoms with Crippen LogP contribution >= 0.6 is 27.5 Å². The van der Waals surface area contributed by atoms with E-state index in [4.69, 9.17) is 21.4 Å². The van der Waals surface area contributed by atoms with Crippen LogP contribution in [0.4, 0.5) is 0 Å². The molecule has 0 spiro atoms. The average Bonchev–Trinajstić information content (AvgIpc) is 2.32. The minimum absolute atomic E-state index is 0.0176. The molecule has 4 nitrogen and oxygen atoms in total. The zero-order valence-corrected chi connectivity index (χ0v) is 11.4. The molecule has 0 heterocycles. The Bertz CT molecular complexity index is 387. The number of aliphatic hydroxyl groups excluding tert-OH is 1. The quantitative estimate of drug-likeness (QED) is 0.786. The van der Waals surface area contributed by atoms with E-state index in [0.717, 1.165) is 4.47 Å². The monoisotopic (exact) mass is 321 g/mol. The fourth-order valence-electron chi connectivity index (χ4n) is 1.14. The van der Waals surface area contributed by atoms with Crippen LogP contribution in [0, 0.1) is 0 Å². The molecule has 0 unspecified atom stereocenters. The largest absolute Gasteiger partial charge is 0.394 e. The lowest BCUT2D eigenvalue weighted by atomic mass is 10.2. The van der Waals surface area contributed by atoms with Crippen molar-refractivity contribution in [2.24, 2.45) is 0 Å². The Labute approximate surface area is 113 Å². The van der Waals surface area contributed by atoms with Gasteiger partial charge in [-0.3, -0.25) is 4.79 Å². The van der Waals surface area contributed by atoms with E-state index < -0.39 is 0 Å². The molecule has 0 aromatic heterocycles. The van der Waals surface area contributed by atoms with Crippen molar-refractivity contribution in [2.45, 2.75) is 0 Å². The number of ether oxygens (including phenoxy) is 1. The van der Waals surface area contributed by atoms with Crippen molar-refractivity contribution in [3.63, 3.8) is 0 Å². The fourth-order valence-corrected chi connectivity index (χ4v) is 1.57. The SMILES string of the molecule is O=C(NCCOCCO)c1ccc(Br)c(Cl)c1. The number of aliphatic hydroxyl groups is 1. The highest BCUT2D eigenvalue weighted by molar-refractivity contribution is 9.10. The van der Waals surface area contributed by atoms with E-state index in [9.17, 15) is 4.79 Å². The van der Waals surface area contributed by atoms with Crippen molar-refractivity contribution in [3.05, 3.63) is 33.3 Å². The number of rotatable bonds is 6. The normalized spacial score (nSPS) is 10.3. The maximum atomic E-state index is 11.7. The van der Waals surface area contributed by atoms with Gasteiger partial charge in [-0.25, -0.2) is 0 Å². The van der Waals surface area contributed by atoms with Gasteiger partial charge in [0.2, 0.25) is 0 Å². The fraction of sp³-hybridized carbons (Fsp3) is 0.364. The molecule has 1 amide bonds. The second-order valence-corrected chi connectivity index (χ2v) is 4.48. The van der Waals surface area contributed by atoms with E-state index in [2.05, 4.69) is 21.2 Å². The molecule has 0 aliphatic heterocycles. The molecule has 1 aromatic carbocycles. The summed E-state index contributed by atoms with van der Waals surface area (Å²) in [5, 5.41) is 11.7. The lowest BCUT2D eigenvalue weighted by molar-refractivity contribution is 0.0838. The number of benzene rings is 1. The number of amides is 1. The molecule has 1 rings (SSSR count). The van der Waals surface area contributed by atoms with Crippen LogP contribution in [0.15, 0.2) is 22.7 Å². The van der Waals surface area contributed by atoms with Crippen LogP contribution in [-0.4, -0.2) is 37.4 Å². The Hall–Kier alpha value is -0.620. The Morgan fingerprint density at radius 1 is 1.47 bits per heavy atom. The zero-order valence-electron chi connectivity index (χ0n) is 9.08. The first-order chi connectivity index (χ1) is 8.15. The molecule has 94 valence electrons. The van der Waals surface area contributed by atoms with E-state index in [0.29, 0.717) is 23.7 Å². The minimum atomic E-state index is -0.202. The molecule has 0 radical (unpaired) electrons. The van der Waals surface area contributed by atoms with E-state index in [1.807, 2.05) is 0 Å². The van der Waals surface area contributed by atoms with Gasteiger partial charge in [-0.1, -0.05) is 11.6 Å². The number of halogens is 2. The van der Waals surface area contributed by atoms with Gasteiger partial charge in [0.05, 0.1) is 24.8 Å². The molecule has 0 fully saturated rings. The Morgan fingerprint density at radius 3 is 2.88 bits per heavy atom. The topological polar surface area (TPSA) is 58.6 Å². The molecule has 0 saturated carbocycles. The van der Waals surface area contributed by atoms with E-state index >= 15 is 0 Å². The predicted octanol–water partition coefficient (Wildman–Crippen LogP) is 1.84. The first-order valence-electron chi connectivity index (χ1n) is 5.07. The summed E-state index contributed by atoms with van der Waals surface area (Å²) in [7, 11) is 0. The summed E-state index contributed by atoms with van der Waals surface area (Å²) in [6, 6.07) is 4.99. The lowest BCUT2D eigenvalue weighted by Crippen LogP contribution is -2.27. The van der Waals surface area contributed by atoms with Crippen LogP contribution in [0.1, 0.15) is 10.4 Å². The minimum Gasteiger partial charge on any atom is -0.394 e. The third-order valence-corrected chi connectivity index (χ3v) is 3.18. The van der Waals surface area contributed by atoms with Gasteiger partial charge in [-0.15, -0.1) is 0 Å². The second-order valence-electron chi connectivity index (χ2n) is 3.22. The summed E-state index contributed by atoms with van der Waals surface area (Å²) < 4.78 is 5.77. The van der Waals surface area contributed by atoms with Crippen molar-refractivity contribution in [3.8, 4) is 0 Å². The van der Waals surface area contributed by atoms with E-state index in [-0.39, 0.29) is 19.1 Å². The molecule has 0 atom stereocenters. The van der Waals surface area contributed by atoms with Crippen molar-refractivity contribution in [1.29, 1.82) is 0 Å². The highest BCUT2D eigenvalue weighted by atomic mass is 79.9. The van der Waals surface area contributed by atoms with Crippen molar-refractivity contribution >= 4 is 33.4 Å². The standard InChI is InChI=1S/C11H13BrClNO3/c12-9-2-1-8(7-10(9)13)11(16)14-3-5-17-6-4-15/h1-2,7,15H,3-6H2,(H,14,16). The first-order valence-corrected chi connectivity index (χ1v) is 6.24. The Kier molecular flexibility index (Phi) is 6.50. The summed E-state index contributed by atoms with van der Waals surface area (Å²) in [6.07, 6.45) is 0. The van der Waals surface area contributed by atoms with Gasteiger partial charge >= 0.3 is 0 Å². The van der Waals surface area contributed by atoms with Gasteiger partial charge < -0.3 is 15.2 Å². The van der Waals surface area contributed by atoms with Crippen molar-refractivity contribution in [1.82, 2.24) is 5.32 Å². The Balaban J connectivity index is 2.39. The van der Waals surface area contributed by atoms with E-state index in [1.54, 1.807) is 18.2 Å². The zero-order chi connectivity index (χ0) is 12.7. The molecule has 1 aromatic rings. The molecular formula is C11H13BrClNO3. The summed E-state index contributed by atoms with van der Waals surface area (Å²) in [5.74, 6) is -0.202. The molecule has 6 heteroatoms. The second kappa shape index (κ2) is 7.66. The van der Waals surface area contributed by atoms with Crippen LogP contribution in [0.5, 0.6) is 0 Å². The Morgan fingerprint density at radius 2 is 2.24 bits per heavy atom. The van der Waals surface area contributed by atoms with Crippen molar-refractivity contribution < 1.29 is 14.6 Å². The number of hydrogen-bond donors (Lipinski definition) is 2. The molecule has 0 bridgehead atoms. The van der Waals surface area contributed by atoms with Crippen LogP contribution < -0.4 is 5.32 Å². The summed E-state index contributed by atoms with van der Waals surface area (Å²) >= 11 is 9.13. The van der Waals surface area contributed by atoms with Gasteiger partial charge in [-0.2, -0.15) is 0 Å². The highest BCUT2D eigenvalue weighted by Gasteiger charge is 2.06. The van der Waals surface area contributed by atoms with Gasteiger partial charge in [0.25, 0.3) is 5.91 Å². The molecule has 0 aliphatic carbocycles. The maximum absolute atomic E-state index is 11.7.